The number of aromatic nitrogens is 1. The van der Waals surface area contributed by atoms with Crippen LogP contribution in [0.4, 0.5) is 5.69 Å². The van der Waals surface area contributed by atoms with E-state index in [0.717, 1.165) is 0 Å². The number of hydrogen-bond acceptors (Lipinski definition) is 2. The van der Waals surface area contributed by atoms with Gasteiger partial charge in [0.05, 0.1) is 5.69 Å². The second-order valence-electron chi connectivity index (χ2n) is 1.83. The van der Waals surface area contributed by atoms with Crippen LogP contribution in [0.1, 0.15) is 10.5 Å². The minimum Gasteiger partial charge on any atom is -0.477 e. The second kappa shape index (κ2) is 2.87. The molecule has 3 N–H and O–H groups in total. The first-order valence-electron chi connectivity index (χ1n) is 2.86. The summed E-state index contributed by atoms with van der Waals surface area (Å²) in [7, 11) is 0. The molecule has 0 aromatic carbocycles. The summed E-state index contributed by atoms with van der Waals surface area (Å²) in [5, 5.41) is 10.7. The quantitative estimate of drug-likeness (QED) is 0.547. The average molecular weight is 154 g/mol. The minimum absolute atomic E-state index is 0.0166. The van der Waals surface area contributed by atoms with Gasteiger partial charge in [-0.05, 0) is 6.07 Å². The highest BCUT2D eigenvalue weighted by Crippen LogP contribution is 2.11. The lowest BCUT2D eigenvalue weighted by molar-refractivity contribution is -0.105. The molecule has 58 valence electrons. The van der Waals surface area contributed by atoms with Crippen molar-refractivity contribution in [2.75, 3.05) is 5.32 Å². The van der Waals surface area contributed by atoms with Gasteiger partial charge in [0.25, 0.3) is 0 Å². The lowest BCUT2D eigenvalue weighted by atomic mass is 10.4. The number of amides is 1. The van der Waals surface area contributed by atoms with Gasteiger partial charge >= 0.3 is 5.97 Å². The molecule has 5 nitrogen and oxygen atoms in total. The van der Waals surface area contributed by atoms with Gasteiger partial charge in [-0.25, -0.2) is 4.79 Å². The van der Waals surface area contributed by atoms with Crippen LogP contribution in [0.5, 0.6) is 0 Å². The van der Waals surface area contributed by atoms with E-state index in [4.69, 9.17) is 5.11 Å². The number of carboxylic acid groups (broad SMARTS) is 1. The molecule has 0 spiro atoms. The molecule has 5 heteroatoms. The van der Waals surface area contributed by atoms with E-state index in [1.807, 2.05) is 0 Å². The molecule has 0 radical (unpaired) electrons. The molecule has 0 aliphatic heterocycles. The monoisotopic (exact) mass is 154 g/mol. The van der Waals surface area contributed by atoms with Crippen molar-refractivity contribution >= 4 is 18.1 Å². The van der Waals surface area contributed by atoms with Crippen molar-refractivity contribution in [2.24, 2.45) is 0 Å². The van der Waals surface area contributed by atoms with Crippen molar-refractivity contribution in [1.82, 2.24) is 4.98 Å². The fraction of sp³-hybridized carbons (Fsp3) is 0. The van der Waals surface area contributed by atoms with Crippen LogP contribution in [-0.4, -0.2) is 22.5 Å². The third-order valence-electron chi connectivity index (χ3n) is 1.18. The SMILES string of the molecule is O=CNc1cc[nH]c1C(=O)O. The van der Waals surface area contributed by atoms with E-state index in [0.29, 0.717) is 6.41 Å². The summed E-state index contributed by atoms with van der Waals surface area (Å²) in [6.45, 7) is 0. The normalized spacial score (nSPS) is 9.09. The van der Waals surface area contributed by atoms with Crippen LogP contribution in [0.2, 0.25) is 0 Å². The number of carboxylic acids is 1. The zero-order valence-electron chi connectivity index (χ0n) is 5.50. The maximum Gasteiger partial charge on any atom is 0.354 e. The van der Waals surface area contributed by atoms with E-state index in [1.165, 1.54) is 12.3 Å². The Morgan fingerprint density at radius 2 is 2.45 bits per heavy atom. The molecule has 1 aromatic heterocycles. The first kappa shape index (κ1) is 7.33. The van der Waals surface area contributed by atoms with E-state index in [2.05, 4.69) is 10.3 Å². The third kappa shape index (κ3) is 1.37. The summed E-state index contributed by atoms with van der Waals surface area (Å²) in [6.07, 6.45) is 1.87. The number of rotatable bonds is 3. The number of anilines is 1. The molecule has 0 saturated heterocycles. The van der Waals surface area contributed by atoms with E-state index < -0.39 is 5.97 Å². The van der Waals surface area contributed by atoms with Crippen LogP contribution < -0.4 is 5.32 Å². The van der Waals surface area contributed by atoms with Gasteiger partial charge in [-0.15, -0.1) is 0 Å². The fourth-order valence-corrected chi connectivity index (χ4v) is 0.730. The highest BCUT2D eigenvalue weighted by atomic mass is 16.4. The number of hydrogen-bond donors (Lipinski definition) is 3. The lowest BCUT2D eigenvalue weighted by Gasteiger charge is -1.94. The molecule has 1 heterocycles. The van der Waals surface area contributed by atoms with Gasteiger partial charge in [0.15, 0.2) is 0 Å². The highest BCUT2D eigenvalue weighted by molar-refractivity contribution is 5.94. The van der Waals surface area contributed by atoms with Crippen LogP contribution >= 0.6 is 0 Å². The highest BCUT2D eigenvalue weighted by Gasteiger charge is 2.09. The number of H-pyrrole nitrogens is 1. The fourth-order valence-electron chi connectivity index (χ4n) is 0.730. The summed E-state index contributed by atoms with van der Waals surface area (Å²) in [5.41, 5.74) is 0.254. The maximum atomic E-state index is 10.4. The molecule has 0 aliphatic carbocycles. The Balaban J connectivity index is 2.95. The number of carbonyl (C=O) groups is 2. The maximum absolute atomic E-state index is 10.4. The Kier molecular flexibility index (Phi) is 1.91. The second-order valence-corrected chi connectivity index (χ2v) is 1.83. The third-order valence-corrected chi connectivity index (χ3v) is 1.18. The summed E-state index contributed by atoms with van der Waals surface area (Å²) in [6, 6.07) is 1.47. The first-order valence-corrected chi connectivity index (χ1v) is 2.86. The number of nitrogens with one attached hydrogen (secondary N) is 2. The molecule has 0 aliphatic rings. The predicted molar refractivity (Wildman–Crippen MR) is 37.4 cm³/mol. The van der Waals surface area contributed by atoms with Gasteiger partial charge in [-0.2, -0.15) is 0 Å². The van der Waals surface area contributed by atoms with Gasteiger partial charge in [0.1, 0.15) is 5.69 Å². The predicted octanol–water partition coefficient (Wildman–Crippen LogP) is 0.281. The van der Waals surface area contributed by atoms with Gasteiger partial charge in [0, 0.05) is 6.20 Å². The van der Waals surface area contributed by atoms with Gasteiger partial charge in [-0.1, -0.05) is 0 Å². The molecular formula is C6H6N2O3. The molecule has 1 amide bonds. The van der Waals surface area contributed by atoms with Crippen molar-refractivity contribution in [1.29, 1.82) is 0 Å². The zero-order valence-corrected chi connectivity index (χ0v) is 5.50. The standard InChI is InChI=1S/C6H6N2O3/c9-3-8-4-1-2-7-5(4)6(10)11/h1-3,7H,(H,8,9)(H,10,11). The topological polar surface area (TPSA) is 82.2 Å². The Morgan fingerprint density at radius 1 is 1.73 bits per heavy atom. The molecule has 0 atom stereocenters. The average Bonchev–Trinajstić information content (AvgIpc) is 2.36. The Bertz CT molecular complexity index is 279. The van der Waals surface area contributed by atoms with Gasteiger partial charge in [-0.3, -0.25) is 4.79 Å². The number of carbonyl (C=O) groups excluding carboxylic acids is 1. The van der Waals surface area contributed by atoms with Crippen molar-refractivity contribution in [2.45, 2.75) is 0 Å². The molecule has 1 aromatic rings. The summed E-state index contributed by atoms with van der Waals surface area (Å²) < 4.78 is 0. The van der Waals surface area contributed by atoms with Crippen molar-refractivity contribution in [3.8, 4) is 0 Å². The molecule has 0 unspecified atom stereocenters. The minimum atomic E-state index is -1.10. The van der Waals surface area contributed by atoms with Crippen LogP contribution in [0.15, 0.2) is 12.3 Å². The van der Waals surface area contributed by atoms with Crippen molar-refractivity contribution < 1.29 is 14.7 Å². The molecule has 1 rings (SSSR count). The summed E-state index contributed by atoms with van der Waals surface area (Å²) in [4.78, 5) is 22.8. The zero-order chi connectivity index (χ0) is 8.27. The number of aromatic amines is 1. The van der Waals surface area contributed by atoms with E-state index in [1.54, 1.807) is 0 Å². The van der Waals surface area contributed by atoms with Crippen molar-refractivity contribution in [3.05, 3.63) is 18.0 Å². The Morgan fingerprint density at radius 3 is 3.00 bits per heavy atom. The first-order chi connectivity index (χ1) is 5.25. The van der Waals surface area contributed by atoms with E-state index >= 15 is 0 Å². The molecule has 11 heavy (non-hydrogen) atoms. The molecule has 0 saturated carbocycles. The van der Waals surface area contributed by atoms with E-state index in [9.17, 15) is 9.59 Å². The molecular weight excluding hydrogens is 148 g/mol. The van der Waals surface area contributed by atoms with Gasteiger partial charge < -0.3 is 15.4 Å². The summed E-state index contributed by atoms with van der Waals surface area (Å²) in [5.74, 6) is -1.10. The van der Waals surface area contributed by atoms with Gasteiger partial charge in [0.2, 0.25) is 6.41 Å². The smallest absolute Gasteiger partial charge is 0.354 e. The Labute approximate surface area is 62.0 Å². The van der Waals surface area contributed by atoms with Crippen LogP contribution in [0.25, 0.3) is 0 Å². The van der Waals surface area contributed by atoms with Crippen LogP contribution in [-0.2, 0) is 4.79 Å². The molecule has 0 bridgehead atoms. The van der Waals surface area contributed by atoms with Crippen molar-refractivity contribution in [3.63, 3.8) is 0 Å². The van der Waals surface area contributed by atoms with E-state index in [-0.39, 0.29) is 11.4 Å². The van der Waals surface area contributed by atoms with Crippen LogP contribution in [0, 0.1) is 0 Å². The summed E-state index contributed by atoms with van der Waals surface area (Å²) >= 11 is 0. The lowest BCUT2D eigenvalue weighted by Crippen LogP contribution is -2.02. The largest absolute Gasteiger partial charge is 0.477 e. The Hall–Kier alpha value is -1.78. The van der Waals surface area contributed by atoms with Crippen LogP contribution in [0.3, 0.4) is 0 Å². The molecule has 0 fully saturated rings. The number of aromatic carboxylic acids is 1.